The molecule has 206 valence electrons. The summed E-state index contributed by atoms with van der Waals surface area (Å²) in [6.45, 7) is 2.41. The number of nitrogens with two attached hydrogens (primary N) is 1. The largest absolute Gasteiger partial charge is 0.368 e. The first-order chi connectivity index (χ1) is 18.4. The van der Waals surface area contributed by atoms with Crippen LogP contribution in [-0.4, -0.2) is 50.0 Å². The molecule has 1 fully saturated rings. The highest BCUT2D eigenvalue weighted by molar-refractivity contribution is 7.92. The third-order valence-electron chi connectivity index (χ3n) is 6.44. The van der Waals surface area contributed by atoms with E-state index in [0.29, 0.717) is 23.1 Å². The second kappa shape index (κ2) is 11.9. The Hall–Kier alpha value is -3.18. The number of anilines is 1. The molecule has 0 unspecified atom stereocenters. The molecule has 0 bridgehead atoms. The second-order valence-electron chi connectivity index (χ2n) is 9.50. The number of rotatable bonds is 10. The lowest BCUT2D eigenvalue weighted by atomic mass is 9.91. The van der Waals surface area contributed by atoms with Gasteiger partial charge in [0.2, 0.25) is 15.9 Å². The molecule has 4 N–H and O–H groups in total. The number of primary amides is 1. The monoisotopic (exact) mass is 592 g/mol. The molecular weight excluding hydrogens is 566 g/mol. The van der Waals surface area contributed by atoms with Gasteiger partial charge in [-0.25, -0.2) is 12.8 Å². The van der Waals surface area contributed by atoms with E-state index in [-0.39, 0.29) is 23.4 Å². The average molecular weight is 594 g/mol. The first kappa shape index (κ1) is 28.8. The Morgan fingerprint density at radius 2 is 1.54 bits per heavy atom. The van der Waals surface area contributed by atoms with E-state index in [0.717, 1.165) is 23.3 Å². The van der Waals surface area contributed by atoms with Gasteiger partial charge in [0.05, 0.1) is 17.4 Å². The average Bonchev–Trinajstić information content (AvgIpc) is 2.85. The summed E-state index contributed by atoms with van der Waals surface area (Å²) >= 11 is 12.2. The lowest BCUT2D eigenvalue weighted by Crippen LogP contribution is -2.51. The Bertz CT molecular complexity index is 1420. The van der Waals surface area contributed by atoms with Gasteiger partial charge in [-0.3, -0.25) is 19.2 Å². The van der Waals surface area contributed by atoms with E-state index >= 15 is 0 Å². The molecule has 0 aromatic heterocycles. The zero-order valence-electron chi connectivity index (χ0n) is 20.9. The smallest absolute Gasteiger partial charge is 0.254 e. The molecular formula is C27H27Cl2FN4O4S. The molecule has 0 spiro atoms. The van der Waals surface area contributed by atoms with Crippen molar-refractivity contribution in [2.24, 2.45) is 11.7 Å². The predicted molar refractivity (Wildman–Crippen MR) is 150 cm³/mol. The van der Waals surface area contributed by atoms with E-state index in [2.05, 4.69) is 14.9 Å². The Morgan fingerprint density at radius 1 is 1.00 bits per heavy atom. The number of likely N-dealkylation sites (tertiary alicyclic amines) is 1. The fraction of sp³-hybridized carbons (Fsp3) is 0.259. The molecule has 0 saturated carbocycles. The van der Waals surface area contributed by atoms with Gasteiger partial charge in [-0.2, -0.15) is 0 Å². The number of nitrogens with one attached hydrogen (secondary N) is 2. The summed E-state index contributed by atoms with van der Waals surface area (Å²) < 4.78 is 42.5. The van der Waals surface area contributed by atoms with E-state index in [9.17, 15) is 22.4 Å². The van der Waals surface area contributed by atoms with Crippen molar-refractivity contribution in [1.29, 1.82) is 0 Å². The van der Waals surface area contributed by atoms with Crippen LogP contribution in [0.2, 0.25) is 10.0 Å². The summed E-state index contributed by atoms with van der Waals surface area (Å²) in [5.74, 6) is -2.84. The number of hydrogen-bond acceptors (Lipinski definition) is 5. The zero-order chi connectivity index (χ0) is 28.3. The molecule has 1 aliphatic heterocycles. The third-order valence-corrected chi connectivity index (χ3v) is 8.40. The number of nitrogens with zero attached hydrogens (tertiary/aromatic N) is 1. The van der Waals surface area contributed by atoms with Crippen LogP contribution < -0.4 is 15.8 Å². The molecule has 3 aromatic rings. The molecule has 0 radical (unpaired) electrons. The lowest BCUT2D eigenvalue weighted by molar-refractivity contribution is -0.119. The van der Waals surface area contributed by atoms with Gasteiger partial charge in [0.15, 0.2) is 0 Å². The summed E-state index contributed by atoms with van der Waals surface area (Å²) in [5.41, 5.74) is 6.79. The topological polar surface area (TPSA) is 122 Å². The van der Waals surface area contributed by atoms with Crippen molar-refractivity contribution in [2.45, 2.75) is 19.0 Å². The van der Waals surface area contributed by atoms with Crippen LogP contribution in [0, 0.1) is 11.7 Å². The van der Waals surface area contributed by atoms with E-state index in [4.69, 9.17) is 28.9 Å². The van der Waals surface area contributed by atoms with Crippen LogP contribution in [0.25, 0.3) is 0 Å². The van der Waals surface area contributed by atoms with Crippen molar-refractivity contribution >= 4 is 50.7 Å². The minimum absolute atomic E-state index is 0.0321. The molecule has 1 atom stereocenters. The van der Waals surface area contributed by atoms with Gasteiger partial charge in [-0.1, -0.05) is 47.5 Å². The van der Waals surface area contributed by atoms with Crippen LogP contribution >= 0.6 is 23.2 Å². The van der Waals surface area contributed by atoms with Gasteiger partial charge in [0.25, 0.3) is 5.91 Å². The van der Waals surface area contributed by atoms with Crippen molar-refractivity contribution in [3.63, 3.8) is 0 Å². The minimum Gasteiger partial charge on any atom is -0.368 e. The quantitative estimate of drug-likeness (QED) is 0.326. The highest BCUT2D eigenvalue weighted by Gasteiger charge is 2.36. The standard InChI is InChI=1S/C27H27Cl2FN4O4S/c1-16(26(31)35)32-27(36)23-12-22(10-11-24(23)30)33-39(37,38)15-17-13-34(14-17)25(18-2-6-20(28)7-3-18)19-4-8-21(29)9-5-19/h2-12,16-17,25,33H,13-15H2,1H3,(H2,31,35)(H,32,36)/t16-/m0/s1. The molecule has 12 heteroatoms. The fourth-order valence-electron chi connectivity index (χ4n) is 4.47. The van der Waals surface area contributed by atoms with Crippen molar-refractivity contribution in [3.8, 4) is 0 Å². The number of carbonyl (C=O) groups excluding carboxylic acids is 2. The van der Waals surface area contributed by atoms with Crippen LogP contribution in [0.1, 0.15) is 34.5 Å². The summed E-state index contributed by atoms with van der Waals surface area (Å²) in [4.78, 5) is 25.7. The second-order valence-corrected chi connectivity index (χ2v) is 12.1. The maximum Gasteiger partial charge on any atom is 0.254 e. The van der Waals surface area contributed by atoms with Crippen molar-refractivity contribution < 1.29 is 22.4 Å². The van der Waals surface area contributed by atoms with Gasteiger partial charge in [0.1, 0.15) is 11.9 Å². The van der Waals surface area contributed by atoms with Gasteiger partial charge in [-0.15, -0.1) is 0 Å². The number of amides is 2. The fourth-order valence-corrected chi connectivity index (χ4v) is 6.12. The summed E-state index contributed by atoms with van der Waals surface area (Å²) in [6, 6.07) is 17.2. The highest BCUT2D eigenvalue weighted by Crippen LogP contribution is 2.36. The van der Waals surface area contributed by atoms with Crippen LogP contribution in [-0.2, 0) is 14.8 Å². The first-order valence-corrected chi connectivity index (χ1v) is 14.5. The molecule has 2 amide bonds. The van der Waals surface area contributed by atoms with E-state index in [1.54, 1.807) is 0 Å². The number of sulfonamides is 1. The summed E-state index contributed by atoms with van der Waals surface area (Å²) in [7, 11) is -3.82. The molecule has 4 rings (SSSR count). The summed E-state index contributed by atoms with van der Waals surface area (Å²) in [6.07, 6.45) is 0. The van der Waals surface area contributed by atoms with Gasteiger partial charge in [-0.05, 0) is 60.5 Å². The molecule has 0 aliphatic carbocycles. The number of benzene rings is 3. The van der Waals surface area contributed by atoms with Gasteiger partial charge < -0.3 is 11.1 Å². The van der Waals surface area contributed by atoms with Gasteiger partial charge in [0, 0.05) is 34.7 Å². The normalized spacial score (nSPS) is 15.0. The third kappa shape index (κ3) is 7.27. The highest BCUT2D eigenvalue weighted by atomic mass is 35.5. The number of carbonyl (C=O) groups is 2. The van der Waals surface area contributed by atoms with Crippen LogP contribution in [0.4, 0.5) is 10.1 Å². The Kier molecular flexibility index (Phi) is 8.80. The van der Waals surface area contributed by atoms with Gasteiger partial charge >= 0.3 is 0 Å². The molecule has 1 aliphatic rings. The van der Waals surface area contributed by atoms with Crippen LogP contribution in [0.3, 0.4) is 0 Å². The predicted octanol–water partition coefficient (Wildman–Crippen LogP) is 4.20. The zero-order valence-corrected chi connectivity index (χ0v) is 23.2. The van der Waals surface area contributed by atoms with E-state index in [1.807, 2.05) is 48.5 Å². The molecule has 8 nitrogen and oxygen atoms in total. The maximum atomic E-state index is 14.2. The number of hydrogen-bond donors (Lipinski definition) is 3. The molecule has 39 heavy (non-hydrogen) atoms. The maximum absolute atomic E-state index is 14.2. The van der Waals surface area contributed by atoms with Crippen LogP contribution in [0.15, 0.2) is 66.7 Å². The Balaban J connectivity index is 1.43. The number of halogens is 3. The van der Waals surface area contributed by atoms with Crippen molar-refractivity contribution in [3.05, 3.63) is 99.3 Å². The Labute approximate surface area is 236 Å². The van der Waals surface area contributed by atoms with Crippen LogP contribution in [0.5, 0.6) is 0 Å². The lowest BCUT2D eigenvalue weighted by Gasteiger charge is -2.44. The van der Waals surface area contributed by atoms with Crippen molar-refractivity contribution in [2.75, 3.05) is 23.6 Å². The molecule has 1 saturated heterocycles. The van der Waals surface area contributed by atoms with E-state index in [1.165, 1.54) is 13.0 Å². The SMILES string of the molecule is C[C@H](NC(=O)c1cc(NS(=O)(=O)CC2CN(C(c3ccc(Cl)cc3)c3ccc(Cl)cc3)C2)ccc1F)C(N)=O. The summed E-state index contributed by atoms with van der Waals surface area (Å²) in [5, 5.41) is 3.52. The molecule has 1 heterocycles. The minimum atomic E-state index is -3.82. The molecule has 3 aromatic carbocycles. The Morgan fingerprint density at radius 3 is 2.05 bits per heavy atom. The van der Waals surface area contributed by atoms with E-state index < -0.39 is 39.3 Å². The van der Waals surface area contributed by atoms with Crippen molar-refractivity contribution in [1.82, 2.24) is 10.2 Å². The first-order valence-electron chi connectivity index (χ1n) is 12.1.